The van der Waals surface area contributed by atoms with E-state index < -0.39 is 24.0 Å². The highest BCUT2D eigenvalue weighted by Crippen LogP contribution is 2.14. The minimum atomic E-state index is -0.705. The van der Waals surface area contributed by atoms with Gasteiger partial charge in [0.2, 0.25) is 5.91 Å². The quantitative estimate of drug-likeness (QED) is 0.866. The molecule has 22 heavy (non-hydrogen) atoms. The van der Waals surface area contributed by atoms with Gasteiger partial charge in [-0.2, -0.15) is 5.10 Å². The first-order chi connectivity index (χ1) is 10.5. The monoisotopic (exact) mass is 360 g/mol. The number of carbonyl (C=O) groups excluding carboxylic acids is 2. The molecule has 0 spiro atoms. The van der Waals surface area contributed by atoms with Gasteiger partial charge < -0.3 is 5.32 Å². The molecule has 2 N–H and O–H groups in total. The fourth-order valence-electron chi connectivity index (χ4n) is 1.48. The molecule has 0 aromatic carbocycles. The van der Waals surface area contributed by atoms with Crippen molar-refractivity contribution in [1.82, 2.24) is 20.4 Å². The van der Waals surface area contributed by atoms with E-state index in [0.29, 0.717) is 6.54 Å². The summed E-state index contributed by atoms with van der Waals surface area (Å²) in [4.78, 5) is 35.9. The van der Waals surface area contributed by atoms with Crippen LogP contribution in [0.25, 0.3) is 0 Å². The third kappa shape index (κ3) is 4.30. The molecule has 0 bridgehead atoms. The van der Waals surface area contributed by atoms with E-state index in [1.807, 2.05) is 17.5 Å². The second-order valence-electron chi connectivity index (χ2n) is 4.08. The Labute approximate surface area is 138 Å². The number of rotatable bonds is 4. The lowest BCUT2D eigenvalue weighted by Crippen LogP contribution is -2.42. The van der Waals surface area contributed by atoms with Crippen molar-refractivity contribution in [3.63, 3.8) is 0 Å². The Hall–Kier alpha value is -1.90. The number of nitrogens with one attached hydrogen (secondary N) is 2. The molecule has 0 fully saturated rings. The number of hydrogen-bond donors (Lipinski definition) is 2. The Balaban J connectivity index is 1.89. The van der Waals surface area contributed by atoms with E-state index in [9.17, 15) is 14.4 Å². The van der Waals surface area contributed by atoms with Crippen LogP contribution in [0, 0.1) is 0 Å². The van der Waals surface area contributed by atoms with Crippen molar-refractivity contribution in [2.24, 2.45) is 0 Å². The van der Waals surface area contributed by atoms with Crippen molar-refractivity contribution >= 4 is 46.5 Å². The molecule has 0 aliphatic carbocycles. The van der Waals surface area contributed by atoms with Crippen LogP contribution in [0.3, 0.4) is 0 Å². The van der Waals surface area contributed by atoms with Crippen molar-refractivity contribution in [2.45, 2.75) is 13.1 Å². The summed E-state index contributed by atoms with van der Waals surface area (Å²) in [7, 11) is 0. The number of halogens is 2. The van der Waals surface area contributed by atoms with Crippen molar-refractivity contribution < 1.29 is 9.59 Å². The lowest BCUT2D eigenvalue weighted by molar-refractivity contribution is -0.120. The van der Waals surface area contributed by atoms with Crippen molar-refractivity contribution in [2.75, 3.05) is 0 Å². The first-order valence-electron chi connectivity index (χ1n) is 5.98. The molecule has 0 aliphatic rings. The van der Waals surface area contributed by atoms with Gasteiger partial charge in [-0.05, 0) is 11.4 Å². The molecule has 0 aliphatic heterocycles. The summed E-state index contributed by atoms with van der Waals surface area (Å²) in [6.07, 6.45) is 1.15. The molecular formula is C12H10Cl2N4O3S. The van der Waals surface area contributed by atoms with E-state index in [4.69, 9.17) is 23.2 Å². The summed E-state index contributed by atoms with van der Waals surface area (Å²) in [5.41, 5.74) is -0.705. The SMILES string of the molecule is O=C(Cn1ncc(Cl)c(Cl)c1=O)NC(=O)NCc1cccs1. The van der Waals surface area contributed by atoms with E-state index in [2.05, 4.69) is 15.7 Å². The van der Waals surface area contributed by atoms with Gasteiger partial charge in [0.15, 0.2) is 0 Å². The first-order valence-corrected chi connectivity index (χ1v) is 7.62. The number of amides is 3. The van der Waals surface area contributed by atoms with Crippen LogP contribution in [0.5, 0.6) is 0 Å². The standard InChI is InChI=1S/C12H10Cl2N4O3S/c13-8-5-16-18(11(20)10(8)14)6-9(19)17-12(21)15-4-7-2-1-3-22-7/h1-3,5H,4,6H2,(H2,15,17,19,21). The minimum absolute atomic E-state index is 0.00276. The first kappa shape index (κ1) is 16.5. The third-order valence-electron chi connectivity index (χ3n) is 2.49. The smallest absolute Gasteiger partial charge is 0.321 e. The Morgan fingerprint density at radius 1 is 1.36 bits per heavy atom. The molecule has 2 rings (SSSR count). The zero-order chi connectivity index (χ0) is 16.1. The fourth-order valence-corrected chi connectivity index (χ4v) is 2.40. The number of imide groups is 1. The third-order valence-corrected chi connectivity index (χ3v) is 4.12. The maximum atomic E-state index is 11.7. The van der Waals surface area contributed by atoms with Gasteiger partial charge in [0.25, 0.3) is 5.56 Å². The van der Waals surface area contributed by atoms with Crippen LogP contribution in [0.2, 0.25) is 10.0 Å². The predicted molar refractivity (Wildman–Crippen MR) is 83.2 cm³/mol. The fraction of sp³-hybridized carbons (Fsp3) is 0.167. The lowest BCUT2D eigenvalue weighted by atomic mass is 10.4. The largest absolute Gasteiger partial charge is 0.333 e. The Kier molecular flexibility index (Phi) is 5.53. The van der Waals surface area contributed by atoms with Gasteiger partial charge in [-0.3, -0.25) is 14.9 Å². The highest BCUT2D eigenvalue weighted by molar-refractivity contribution is 7.09. The maximum absolute atomic E-state index is 11.7. The highest BCUT2D eigenvalue weighted by atomic mass is 35.5. The normalized spacial score (nSPS) is 10.3. The van der Waals surface area contributed by atoms with Crippen molar-refractivity contribution in [3.05, 3.63) is 49.0 Å². The van der Waals surface area contributed by atoms with Gasteiger partial charge in [0, 0.05) is 4.88 Å². The average molecular weight is 361 g/mol. The van der Waals surface area contributed by atoms with Gasteiger partial charge in [-0.25, -0.2) is 9.48 Å². The molecule has 10 heteroatoms. The van der Waals surface area contributed by atoms with E-state index in [1.54, 1.807) is 0 Å². The number of aromatic nitrogens is 2. The van der Waals surface area contributed by atoms with E-state index >= 15 is 0 Å². The summed E-state index contributed by atoms with van der Waals surface area (Å²) >= 11 is 12.8. The van der Waals surface area contributed by atoms with Gasteiger partial charge in [-0.15, -0.1) is 11.3 Å². The Bertz CT molecular complexity index is 745. The summed E-state index contributed by atoms with van der Waals surface area (Å²) < 4.78 is 0.816. The number of thiophene rings is 1. The number of hydrogen-bond acceptors (Lipinski definition) is 5. The summed E-state index contributed by atoms with van der Waals surface area (Å²) in [5, 5.41) is 9.93. The van der Waals surface area contributed by atoms with Gasteiger partial charge >= 0.3 is 6.03 Å². The van der Waals surface area contributed by atoms with Gasteiger partial charge in [0.05, 0.1) is 17.8 Å². The molecule has 7 nitrogen and oxygen atoms in total. The summed E-state index contributed by atoms with van der Waals surface area (Å²) in [6, 6.07) is 3.05. The molecule has 0 atom stereocenters. The maximum Gasteiger partial charge on any atom is 0.321 e. The van der Waals surface area contributed by atoms with Gasteiger partial charge in [0.1, 0.15) is 11.6 Å². The molecule has 2 heterocycles. The van der Waals surface area contributed by atoms with Gasteiger partial charge in [-0.1, -0.05) is 29.3 Å². The molecule has 0 saturated carbocycles. The van der Waals surface area contributed by atoms with Crippen LogP contribution in [-0.4, -0.2) is 21.7 Å². The van der Waals surface area contributed by atoms with Crippen LogP contribution < -0.4 is 16.2 Å². The number of nitrogens with zero attached hydrogens (tertiary/aromatic N) is 2. The van der Waals surface area contributed by atoms with Crippen LogP contribution >= 0.6 is 34.5 Å². The van der Waals surface area contributed by atoms with Crippen LogP contribution in [-0.2, 0) is 17.9 Å². The Morgan fingerprint density at radius 2 is 2.14 bits per heavy atom. The van der Waals surface area contributed by atoms with Crippen LogP contribution in [0.15, 0.2) is 28.5 Å². The molecule has 0 saturated heterocycles. The van der Waals surface area contributed by atoms with Crippen molar-refractivity contribution in [3.8, 4) is 0 Å². The summed E-state index contributed by atoms with van der Waals surface area (Å²) in [6.45, 7) is -0.135. The predicted octanol–water partition coefficient (Wildman–Crippen LogP) is 1.64. The van der Waals surface area contributed by atoms with E-state index in [-0.39, 0.29) is 10.0 Å². The second-order valence-corrected chi connectivity index (χ2v) is 5.90. The number of urea groups is 1. The molecule has 2 aromatic heterocycles. The topological polar surface area (TPSA) is 93.1 Å². The second kappa shape index (κ2) is 7.39. The molecule has 2 aromatic rings. The zero-order valence-electron chi connectivity index (χ0n) is 11.0. The lowest BCUT2D eigenvalue weighted by Gasteiger charge is -2.07. The Morgan fingerprint density at radius 3 is 2.82 bits per heavy atom. The molecule has 0 radical (unpaired) electrons. The zero-order valence-corrected chi connectivity index (χ0v) is 13.3. The van der Waals surface area contributed by atoms with Crippen LogP contribution in [0.4, 0.5) is 4.79 Å². The molecule has 3 amide bonds. The minimum Gasteiger partial charge on any atom is -0.333 e. The number of carbonyl (C=O) groups is 2. The molecular weight excluding hydrogens is 351 g/mol. The van der Waals surface area contributed by atoms with Crippen molar-refractivity contribution in [1.29, 1.82) is 0 Å². The van der Waals surface area contributed by atoms with Crippen LogP contribution in [0.1, 0.15) is 4.88 Å². The summed E-state index contributed by atoms with van der Waals surface area (Å²) in [5.74, 6) is -0.698. The molecule has 0 unspecified atom stereocenters. The highest BCUT2D eigenvalue weighted by Gasteiger charge is 2.13. The van der Waals surface area contributed by atoms with E-state index in [0.717, 1.165) is 15.8 Å². The molecule has 116 valence electrons. The average Bonchev–Trinajstić information content (AvgIpc) is 2.99. The van der Waals surface area contributed by atoms with E-state index in [1.165, 1.54) is 11.3 Å².